The number of hydrogen-bond donors (Lipinski definition) is 3. The van der Waals surface area contributed by atoms with E-state index in [9.17, 15) is 43.2 Å². The van der Waals surface area contributed by atoms with Gasteiger partial charge in [0.1, 0.15) is 19.3 Å². The molecule has 2 unspecified atom stereocenters. The molecule has 0 amide bonds. The number of phosphoric ester groups is 2. The van der Waals surface area contributed by atoms with Gasteiger partial charge in [0, 0.05) is 25.7 Å². The summed E-state index contributed by atoms with van der Waals surface area (Å²) in [4.78, 5) is 72.8. The van der Waals surface area contributed by atoms with Crippen LogP contribution in [0.4, 0.5) is 0 Å². The normalized spacial score (nSPS) is 14.0. The van der Waals surface area contributed by atoms with Gasteiger partial charge in [-0.1, -0.05) is 343 Å². The van der Waals surface area contributed by atoms with Crippen molar-refractivity contribution in [3.8, 4) is 0 Å². The number of phosphoric acid groups is 2. The molecule has 95 heavy (non-hydrogen) atoms. The van der Waals surface area contributed by atoms with Crippen LogP contribution in [0.1, 0.15) is 395 Å². The van der Waals surface area contributed by atoms with Gasteiger partial charge in [0.15, 0.2) is 12.2 Å². The molecule has 0 aromatic rings. The zero-order chi connectivity index (χ0) is 70.0. The van der Waals surface area contributed by atoms with Crippen LogP contribution in [0.5, 0.6) is 0 Å². The smallest absolute Gasteiger partial charge is 0.462 e. The lowest BCUT2D eigenvalue weighted by Crippen LogP contribution is -2.30. The minimum atomic E-state index is -4.96. The Kier molecular flexibility index (Phi) is 66.5. The van der Waals surface area contributed by atoms with Gasteiger partial charge in [-0.3, -0.25) is 37.3 Å². The highest BCUT2D eigenvalue weighted by atomic mass is 31.2. The first-order valence-corrected chi connectivity index (χ1v) is 42.5. The summed E-state index contributed by atoms with van der Waals surface area (Å²) in [5.74, 6) is -0.601. The summed E-state index contributed by atoms with van der Waals surface area (Å²) in [6.45, 7) is 9.58. The Labute approximate surface area is 581 Å². The van der Waals surface area contributed by atoms with Crippen molar-refractivity contribution < 1.29 is 80.2 Å². The van der Waals surface area contributed by atoms with E-state index in [1.54, 1.807) is 0 Å². The first-order chi connectivity index (χ1) is 45.9. The first kappa shape index (κ1) is 93.1. The van der Waals surface area contributed by atoms with Crippen molar-refractivity contribution in [3.05, 3.63) is 0 Å². The topological polar surface area (TPSA) is 237 Å². The highest BCUT2D eigenvalue weighted by molar-refractivity contribution is 7.47. The number of hydrogen-bond acceptors (Lipinski definition) is 15. The van der Waals surface area contributed by atoms with E-state index in [0.29, 0.717) is 25.7 Å². The summed E-state index contributed by atoms with van der Waals surface area (Å²) in [5, 5.41) is 10.6. The van der Waals surface area contributed by atoms with Gasteiger partial charge in [-0.25, -0.2) is 9.13 Å². The second-order valence-corrected chi connectivity index (χ2v) is 31.3. The minimum absolute atomic E-state index is 0.107. The quantitative estimate of drug-likeness (QED) is 0.0222. The Bertz CT molecular complexity index is 1840. The minimum Gasteiger partial charge on any atom is -0.462 e. The Morgan fingerprint density at radius 1 is 0.284 bits per heavy atom. The van der Waals surface area contributed by atoms with Crippen molar-refractivity contribution in [2.75, 3.05) is 39.6 Å². The van der Waals surface area contributed by atoms with E-state index < -0.39 is 97.5 Å². The highest BCUT2D eigenvalue weighted by Crippen LogP contribution is 2.45. The van der Waals surface area contributed by atoms with Gasteiger partial charge >= 0.3 is 39.5 Å². The van der Waals surface area contributed by atoms with E-state index in [2.05, 4.69) is 41.5 Å². The maximum absolute atomic E-state index is 13.1. The molecule has 19 heteroatoms. The average molecular weight is 1400 g/mol. The fourth-order valence-corrected chi connectivity index (χ4v) is 13.2. The lowest BCUT2D eigenvalue weighted by Gasteiger charge is -2.21. The molecule has 0 radical (unpaired) electrons. The van der Waals surface area contributed by atoms with Gasteiger partial charge < -0.3 is 33.8 Å². The molecule has 0 rings (SSSR count). The molecular formula is C76H148O17P2. The van der Waals surface area contributed by atoms with Crippen LogP contribution in [-0.4, -0.2) is 96.7 Å². The summed E-state index contributed by atoms with van der Waals surface area (Å²) in [5.41, 5.74) is 0. The van der Waals surface area contributed by atoms with Crippen molar-refractivity contribution in [2.24, 2.45) is 11.8 Å². The molecule has 0 bridgehead atoms. The SMILES string of the molecule is CCCCCCCCCCCCCCCCCCC(=O)OC[C@H](COP(=O)(O)OC[C@@H](O)COP(=O)(O)OC[C@@H](COC(=O)CCCCCCCCCCC(C)C)OC(=O)CCCCCCCCCCCCCC)OC(=O)CCCCCCCCCCCCCCCC(C)C. The summed E-state index contributed by atoms with van der Waals surface area (Å²) >= 11 is 0. The molecule has 0 saturated heterocycles. The predicted octanol–water partition coefficient (Wildman–Crippen LogP) is 22.3. The number of esters is 4. The molecule has 0 aromatic carbocycles. The highest BCUT2D eigenvalue weighted by Gasteiger charge is 2.30. The third kappa shape index (κ3) is 70.3. The number of carbonyl (C=O) groups excluding carboxylic acids is 4. The molecule has 0 heterocycles. The van der Waals surface area contributed by atoms with Gasteiger partial charge in [-0.2, -0.15) is 0 Å². The van der Waals surface area contributed by atoms with Crippen LogP contribution in [0, 0.1) is 11.8 Å². The molecule has 0 saturated carbocycles. The molecule has 0 fully saturated rings. The molecular weight excluding hydrogens is 1250 g/mol. The average Bonchev–Trinajstić information content (AvgIpc) is 2.06. The fraction of sp³-hybridized carbons (Fsp3) is 0.947. The van der Waals surface area contributed by atoms with Crippen molar-refractivity contribution in [2.45, 2.75) is 413 Å². The van der Waals surface area contributed by atoms with Crippen molar-refractivity contribution >= 4 is 39.5 Å². The van der Waals surface area contributed by atoms with E-state index in [1.165, 1.54) is 212 Å². The van der Waals surface area contributed by atoms with Crippen LogP contribution in [0.25, 0.3) is 0 Å². The lowest BCUT2D eigenvalue weighted by atomic mass is 10.0. The standard InChI is InChI=1S/C76H148O17P2/c1-7-9-11-13-15-17-19-21-22-23-26-30-33-40-46-52-58-73(78)86-64-71(92-76(81)61-55-49-43-35-31-27-24-25-28-32-38-44-50-56-68(3)4)66-90-94(82,83)88-62-70(77)63-89-95(84,85)91-67-72(65-87-74(79)59-53-47-41-37-36-39-45-51-57-69(5)6)93-75(80)60-54-48-42-34-29-20-18-16-14-12-10-8-2/h68-72,77H,7-67H2,1-6H3,(H,82,83)(H,84,85)/t70-,71-,72-/m1/s1. The van der Waals surface area contributed by atoms with Crippen LogP contribution < -0.4 is 0 Å². The number of unbranched alkanes of at least 4 members (excludes halogenated alkanes) is 45. The van der Waals surface area contributed by atoms with Crippen molar-refractivity contribution in [1.82, 2.24) is 0 Å². The van der Waals surface area contributed by atoms with Crippen molar-refractivity contribution in [3.63, 3.8) is 0 Å². The molecule has 0 aromatic heterocycles. The monoisotopic (exact) mass is 1400 g/mol. The Morgan fingerprint density at radius 2 is 0.484 bits per heavy atom. The Balaban J connectivity index is 5.25. The number of ether oxygens (including phenoxy) is 4. The molecule has 17 nitrogen and oxygen atoms in total. The second-order valence-electron chi connectivity index (χ2n) is 28.3. The van der Waals surface area contributed by atoms with Gasteiger partial charge in [-0.15, -0.1) is 0 Å². The number of carbonyl (C=O) groups is 4. The predicted molar refractivity (Wildman–Crippen MR) is 386 cm³/mol. The molecule has 5 atom stereocenters. The zero-order valence-electron chi connectivity index (χ0n) is 62.0. The Morgan fingerprint density at radius 3 is 0.716 bits per heavy atom. The fourth-order valence-electron chi connectivity index (χ4n) is 11.7. The Hall–Kier alpha value is -1.94. The van der Waals surface area contributed by atoms with Gasteiger partial charge in [0.25, 0.3) is 0 Å². The van der Waals surface area contributed by atoms with Crippen LogP contribution in [0.15, 0.2) is 0 Å². The maximum Gasteiger partial charge on any atom is 0.472 e. The zero-order valence-corrected chi connectivity index (χ0v) is 63.8. The van der Waals surface area contributed by atoms with Crippen LogP contribution in [0.3, 0.4) is 0 Å². The number of rotatable bonds is 75. The third-order valence-corrected chi connectivity index (χ3v) is 19.6. The summed E-state index contributed by atoms with van der Waals surface area (Å²) in [6, 6.07) is 0. The lowest BCUT2D eigenvalue weighted by molar-refractivity contribution is -0.161. The first-order valence-electron chi connectivity index (χ1n) is 39.5. The molecule has 3 N–H and O–H groups in total. The van der Waals surface area contributed by atoms with Gasteiger partial charge in [-0.05, 0) is 37.5 Å². The molecule has 564 valence electrons. The maximum atomic E-state index is 13.1. The van der Waals surface area contributed by atoms with Gasteiger partial charge in [0.2, 0.25) is 0 Å². The van der Waals surface area contributed by atoms with Gasteiger partial charge in [0.05, 0.1) is 26.4 Å². The molecule has 0 aliphatic rings. The number of aliphatic hydroxyl groups excluding tert-OH is 1. The third-order valence-electron chi connectivity index (χ3n) is 17.7. The summed E-state index contributed by atoms with van der Waals surface area (Å²) < 4.78 is 68.5. The van der Waals surface area contributed by atoms with Crippen LogP contribution >= 0.6 is 15.6 Å². The molecule has 0 aliphatic heterocycles. The molecule has 0 aliphatic carbocycles. The van der Waals surface area contributed by atoms with E-state index in [4.69, 9.17) is 37.0 Å². The summed E-state index contributed by atoms with van der Waals surface area (Å²) in [7, 11) is -9.91. The molecule has 0 spiro atoms. The van der Waals surface area contributed by atoms with E-state index in [-0.39, 0.29) is 25.7 Å². The second kappa shape index (κ2) is 67.9. The van der Waals surface area contributed by atoms with Crippen molar-refractivity contribution in [1.29, 1.82) is 0 Å². The van der Waals surface area contributed by atoms with Crippen LogP contribution in [-0.2, 0) is 65.4 Å². The largest absolute Gasteiger partial charge is 0.472 e. The van der Waals surface area contributed by atoms with E-state index in [0.717, 1.165) is 102 Å². The van der Waals surface area contributed by atoms with E-state index >= 15 is 0 Å². The number of aliphatic hydroxyl groups is 1. The summed E-state index contributed by atoms with van der Waals surface area (Å²) in [6.07, 6.45) is 55.4. The van der Waals surface area contributed by atoms with Crippen LogP contribution in [0.2, 0.25) is 0 Å². The van der Waals surface area contributed by atoms with E-state index in [1.807, 2.05) is 0 Å².